The van der Waals surface area contributed by atoms with E-state index in [1.807, 2.05) is 13.8 Å². The Morgan fingerprint density at radius 1 is 1.20 bits per heavy atom. The van der Waals surface area contributed by atoms with E-state index in [2.05, 4.69) is 4.74 Å². The molecule has 25 heavy (non-hydrogen) atoms. The Labute approximate surface area is 154 Å². The molecule has 0 radical (unpaired) electrons. The van der Waals surface area contributed by atoms with Crippen LogP contribution in [0.2, 0.25) is 10.0 Å². The van der Waals surface area contributed by atoms with Crippen molar-refractivity contribution in [2.75, 3.05) is 7.11 Å². The largest absolute Gasteiger partial charge is 0.468 e. The van der Waals surface area contributed by atoms with Crippen LogP contribution in [0.1, 0.15) is 13.8 Å². The fraction of sp³-hybridized carbons (Fsp3) is 0.353. The van der Waals surface area contributed by atoms with Crippen LogP contribution >= 0.6 is 23.2 Å². The standard InChI is InChI=1S/C17H18Cl2N2O4/c1-10(2)7-21-16(23)12(11-5-4-6-13(18)15(11)19)8-20(17(21)24)9-14(22)25-3/h4-6,8,10H,7,9H2,1-3H3. The summed E-state index contributed by atoms with van der Waals surface area (Å²) in [6.07, 6.45) is 1.32. The maximum atomic E-state index is 12.8. The van der Waals surface area contributed by atoms with Crippen molar-refractivity contribution >= 4 is 29.2 Å². The summed E-state index contributed by atoms with van der Waals surface area (Å²) in [5.41, 5.74) is -0.470. The van der Waals surface area contributed by atoms with Crippen molar-refractivity contribution in [1.29, 1.82) is 0 Å². The first-order valence-electron chi connectivity index (χ1n) is 7.61. The molecular weight excluding hydrogens is 367 g/mol. The number of benzene rings is 1. The van der Waals surface area contributed by atoms with Gasteiger partial charge in [0.15, 0.2) is 0 Å². The number of halogens is 2. The lowest BCUT2D eigenvalue weighted by Gasteiger charge is -2.15. The van der Waals surface area contributed by atoms with E-state index in [0.717, 1.165) is 9.13 Å². The first-order chi connectivity index (χ1) is 11.8. The fourth-order valence-electron chi connectivity index (χ4n) is 2.39. The second kappa shape index (κ2) is 7.89. The lowest BCUT2D eigenvalue weighted by Crippen LogP contribution is -2.42. The molecule has 0 N–H and O–H groups in total. The lowest BCUT2D eigenvalue weighted by molar-refractivity contribution is -0.141. The van der Waals surface area contributed by atoms with Gasteiger partial charge in [-0.15, -0.1) is 0 Å². The van der Waals surface area contributed by atoms with Crippen LogP contribution in [0, 0.1) is 5.92 Å². The molecule has 2 aromatic rings. The maximum absolute atomic E-state index is 12.8. The van der Waals surface area contributed by atoms with Gasteiger partial charge in [0.1, 0.15) is 6.54 Å². The molecule has 0 saturated carbocycles. The monoisotopic (exact) mass is 384 g/mol. The first kappa shape index (κ1) is 19.3. The van der Waals surface area contributed by atoms with Crippen molar-refractivity contribution in [2.24, 2.45) is 5.92 Å². The zero-order valence-electron chi connectivity index (χ0n) is 14.1. The number of hydrogen-bond donors (Lipinski definition) is 0. The topological polar surface area (TPSA) is 70.3 Å². The average Bonchev–Trinajstić information content (AvgIpc) is 2.56. The zero-order valence-corrected chi connectivity index (χ0v) is 15.6. The summed E-state index contributed by atoms with van der Waals surface area (Å²) >= 11 is 12.3. The van der Waals surface area contributed by atoms with Crippen LogP contribution in [0.3, 0.4) is 0 Å². The van der Waals surface area contributed by atoms with Crippen LogP contribution in [-0.4, -0.2) is 22.2 Å². The van der Waals surface area contributed by atoms with E-state index in [0.29, 0.717) is 10.6 Å². The lowest BCUT2D eigenvalue weighted by atomic mass is 10.1. The third kappa shape index (κ3) is 4.14. The van der Waals surface area contributed by atoms with Crippen molar-refractivity contribution in [2.45, 2.75) is 26.9 Å². The molecule has 0 fully saturated rings. The average molecular weight is 385 g/mol. The number of rotatable bonds is 5. The smallest absolute Gasteiger partial charge is 0.331 e. The molecule has 0 spiro atoms. The molecule has 0 aliphatic heterocycles. The van der Waals surface area contributed by atoms with Gasteiger partial charge in [0.2, 0.25) is 0 Å². The van der Waals surface area contributed by atoms with E-state index in [1.165, 1.54) is 13.3 Å². The highest BCUT2D eigenvalue weighted by molar-refractivity contribution is 6.43. The number of esters is 1. The van der Waals surface area contributed by atoms with Crippen LogP contribution in [0.5, 0.6) is 0 Å². The summed E-state index contributed by atoms with van der Waals surface area (Å²) in [5, 5.41) is 0.500. The van der Waals surface area contributed by atoms with Crippen molar-refractivity contribution in [3.05, 3.63) is 55.3 Å². The van der Waals surface area contributed by atoms with Gasteiger partial charge in [0, 0.05) is 18.3 Å². The molecule has 0 aliphatic rings. The Hall–Kier alpha value is -2.05. The second-order valence-corrected chi connectivity index (χ2v) is 6.73. The van der Waals surface area contributed by atoms with E-state index in [-0.39, 0.29) is 29.6 Å². The SMILES string of the molecule is COC(=O)Cn1cc(-c2cccc(Cl)c2Cl)c(=O)n(CC(C)C)c1=O. The van der Waals surface area contributed by atoms with Crippen LogP contribution in [-0.2, 0) is 22.6 Å². The van der Waals surface area contributed by atoms with Crippen molar-refractivity contribution in [3.63, 3.8) is 0 Å². The highest BCUT2D eigenvalue weighted by atomic mass is 35.5. The number of carbonyl (C=O) groups excluding carboxylic acids is 1. The first-order valence-corrected chi connectivity index (χ1v) is 8.37. The van der Waals surface area contributed by atoms with Gasteiger partial charge in [-0.3, -0.25) is 18.7 Å². The molecule has 8 heteroatoms. The summed E-state index contributed by atoms with van der Waals surface area (Å²) in [6.45, 7) is 3.68. The molecule has 0 saturated heterocycles. The second-order valence-electron chi connectivity index (χ2n) is 5.94. The van der Waals surface area contributed by atoms with Crippen molar-refractivity contribution in [1.82, 2.24) is 9.13 Å². The Balaban J connectivity index is 2.77. The van der Waals surface area contributed by atoms with Gasteiger partial charge in [-0.1, -0.05) is 49.2 Å². The quantitative estimate of drug-likeness (QED) is 0.743. The number of hydrogen-bond acceptors (Lipinski definition) is 4. The Morgan fingerprint density at radius 3 is 2.48 bits per heavy atom. The molecule has 0 aliphatic carbocycles. The molecule has 1 heterocycles. The Bertz CT molecular complexity index is 916. The van der Waals surface area contributed by atoms with Gasteiger partial charge in [0.25, 0.3) is 5.56 Å². The summed E-state index contributed by atoms with van der Waals surface area (Å²) in [5.74, 6) is -0.540. The summed E-state index contributed by atoms with van der Waals surface area (Å²) in [7, 11) is 1.23. The number of carbonyl (C=O) groups is 1. The summed E-state index contributed by atoms with van der Waals surface area (Å²) in [6, 6.07) is 4.90. The minimum absolute atomic E-state index is 0.0575. The van der Waals surface area contributed by atoms with E-state index in [9.17, 15) is 14.4 Å². The molecule has 0 amide bonds. The van der Waals surface area contributed by atoms with Crippen molar-refractivity contribution in [3.8, 4) is 11.1 Å². The van der Waals surface area contributed by atoms with E-state index < -0.39 is 17.2 Å². The Kier molecular flexibility index (Phi) is 6.08. The molecule has 1 aromatic carbocycles. The van der Waals surface area contributed by atoms with Crippen LogP contribution in [0.4, 0.5) is 0 Å². The molecule has 134 valence electrons. The summed E-state index contributed by atoms with van der Waals surface area (Å²) < 4.78 is 6.85. The third-order valence-electron chi connectivity index (χ3n) is 3.55. The highest BCUT2D eigenvalue weighted by Gasteiger charge is 2.18. The van der Waals surface area contributed by atoms with Crippen LogP contribution < -0.4 is 11.2 Å². The van der Waals surface area contributed by atoms with Crippen molar-refractivity contribution < 1.29 is 9.53 Å². The molecule has 6 nitrogen and oxygen atoms in total. The molecule has 0 unspecified atom stereocenters. The van der Waals surface area contributed by atoms with Crippen LogP contribution in [0.25, 0.3) is 11.1 Å². The van der Waals surface area contributed by atoms with E-state index in [4.69, 9.17) is 23.2 Å². The summed E-state index contributed by atoms with van der Waals surface area (Å²) in [4.78, 5) is 37.0. The van der Waals surface area contributed by atoms with Gasteiger partial charge in [0.05, 0.1) is 22.7 Å². The third-order valence-corrected chi connectivity index (χ3v) is 4.37. The predicted octanol–water partition coefficient (Wildman–Crippen LogP) is 2.81. The van der Waals surface area contributed by atoms with Gasteiger partial charge in [-0.05, 0) is 12.0 Å². The minimum Gasteiger partial charge on any atom is -0.468 e. The van der Waals surface area contributed by atoms with E-state index >= 15 is 0 Å². The number of aromatic nitrogens is 2. The number of ether oxygens (including phenoxy) is 1. The molecular formula is C17H18Cl2N2O4. The highest BCUT2D eigenvalue weighted by Crippen LogP contribution is 2.31. The predicted molar refractivity (Wildman–Crippen MR) is 97.3 cm³/mol. The molecule has 0 atom stereocenters. The van der Waals surface area contributed by atoms with Gasteiger partial charge < -0.3 is 4.74 Å². The van der Waals surface area contributed by atoms with Gasteiger partial charge in [-0.25, -0.2) is 4.79 Å². The molecule has 0 bridgehead atoms. The fourth-order valence-corrected chi connectivity index (χ4v) is 2.80. The Morgan fingerprint density at radius 2 is 1.88 bits per heavy atom. The number of methoxy groups -OCH3 is 1. The number of nitrogens with zero attached hydrogens (tertiary/aromatic N) is 2. The van der Waals surface area contributed by atoms with Crippen LogP contribution in [0.15, 0.2) is 34.0 Å². The van der Waals surface area contributed by atoms with Gasteiger partial charge >= 0.3 is 11.7 Å². The van der Waals surface area contributed by atoms with E-state index in [1.54, 1.807) is 18.2 Å². The minimum atomic E-state index is -0.597. The molecule has 1 aromatic heterocycles. The molecule has 2 rings (SSSR count). The van der Waals surface area contributed by atoms with Gasteiger partial charge in [-0.2, -0.15) is 0 Å². The normalized spacial score (nSPS) is 11.0. The zero-order chi connectivity index (χ0) is 18.7. The maximum Gasteiger partial charge on any atom is 0.331 e.